The number of hydrogen-bond acceptors (Lipinski definition) is 2. The fraction of sp³-hybridized carbons (Fsp3) is 0.318. The van der Waals surface area contributed by atoms with Gasteiger partial charge in [-0.15, -0.1) is 0 Å². The van der Waals surface area contributed by atoms with Crippen LogP contribution in [0.5, 0.6) is 0 Å². The van der Waals surface area contributed by atoms with Crippen LogP contribution in [0, 0.1) is 5.41 Å². The molecule has 1 aliphatic heterocycles. The second-order valence-corrected chi connectivity index (χ2v) is 7.60. The Labute approximate surface area is 149 Å². The minimum Gasteiger partial charge on any atom is -0.370 e. The summed E-state index contributed by atoms with van der Waals surface area (Å²) >= 11 is 0. The molecule has 0 spiro atoms. The minimum absolute atomic E-state index is 0.0316. The highest BCUT2D eigenvalue weighted by atomic mass is 16.3. The van der Waals surface area contributed by atoms with Crippen molar-refractivity contribution in [1.82, 2.24) is 4.90 Å². The zero-order valence-corrected chi connectivity index (χ0v) is 15.0. The molecular formula is C22H25NO2. The summed E-state index contributed by atoms with van der Waals surface area (Å²) in [4.78, 5) is 14.2. The van der Waals surface area contributed by atoms with Crippen LogP contribution in [0.3, 0.4) is 0 Å². The van der Waals surface area contributed by atoms with Gasteiger partial charge in [0.15, 0.2) is 0 Å². The Morgan fingerprint density at radius 3 is 2.16 bits per heavy atom. The molecule has 0 saturated heterocycles. The number of nitrogens with zero attached hydrogens (tertiary/aromatic N) is 1. The predicted octanol–water partition coefficient (Wildman–Crippen LogP) is 4.03. The maximum absolute atomic E-state index is 12.6. The van der Waals surface area contributed by atoms with E-state index in [4.69, 9.17) is 0 Å². The van der Waals surface area contributed by atoms with Crippen LogP contribution >= 0.6 is 0 Å². The van der Waals surface area contributed by atoms with Gasteiger partial charge in [-0.2, -0.15) is 0 Å². The Morgan fingerprint density at radius 1 is 0.960 bits per heavy atom. The van der Waals surface area contributed by atoms with Crippen molar-refractivity contribution in [2.75, 3.05) is 0 Å². The number of carbonyl (C=O) groups excluding carboxylic acids is 1. The molecule has 0 aliphatic carbocycles. The van der Waals surface area contributed by atoms with Gasteiger partial charge < -0.3 is 10.0 Å². The Morgan fingerprint density at radius 2 is 1.56 bits per heavy atom. The molecule has 2 atom stereocenters. The van der Waals surface area contributed by atoms with E-state index in [9.17, 15) is 9.90 Å². The highest BCUT2D eigenvalue weighted by Crippen LogP contribution is 2.27. The molecule has 25 heavy (non-hydrogen) atoms. The number of benzene rings is 2. The molecule has 3 rings (SSSR count). The first-order valence-electron chi connectivity index (χ1n) is 8.70. The van der Waals surface area contributed by atoms with E-state index >= 15 is 0 Å². The lowest BCUT2D eigenvalue weighted by Gasteiger charge is -2.33. The number of rotatable bonds is 3. The van der Waals surface area contributed by atoms with Crippen LogP contribution < -0.4 is 0 Å². The van der Waals surface area contributed by atoms with Crippen LogP contribution in [-0.2, 0) is 11.2 Å². The van der Waals surface area contributed by atoms with Crippen molar-refractivity contribution in [1.29, 1.82) is 0 Å². The van der Waals surface area contributed by atoms with Gasteiger partial charge in [0, 0.05) is 5.41 Å². The van der Waals surface area contributed by atoms with E-state index < -0.39 is 11.6 Å². The molecule has 0 fully saturated rings. The molecule has 1 N–H and O–H groups in total. The summed E-state index contributed by atoms with van der Waals surface area (Å²) in [6.07, 6.45) is 3.50. The number of amides is 1. The molecular weight excluding hydrogens is 310 g/mol. The topological polar surface area (TPSA) is 40.5 Å². The van der Waals surface area contributed by atoms with Gasteiger partial charge in [-0.1, -0.05) is 81.4 Å². The second kappa shape index (κ2) is 6.85. The normalized spacial score (nSPS) is 20.1. The van der Waals surface area contributed by atoms with Crippen molar-refractivity contribution in [2.24, 2.45) is 5.41 Å². The lowest BCUT2D eigenvalue weighted by atomic mass is 9.93. The summed E-state index contributed by atoms with van der Waals surface area (Å²) in [7, 11) is 0. The van der Waals surface area contributed by atoms with Crippen LogP contribution in [0.1, 0.15) is 26.3 Å². The first-order chi connectivity index (χ1) is 11.9. The van der Waals surface area contributed by atoms with Crippen molar-refractivity contribution >= 4 is 5.91 Å². The summed E-state index contributed by atoms with van der Waals surface area (Å²) in [6.45, 7) is 5.64. The van der Waals surface area contributed by atoms with E-state index in [1.165, 1.54) is 11.1 Å². The number of aliphatic hydroxyl groups excluding tert-OH is 1. The van der Waals surface area contributed by atoms with Crippen LogP contribution in [0.15, 0.2) is 66.7 Å². The predicted molar refractivity (Wildman–Crippen MR) is 101 cm³/mol. The fourth-order valence-corrected chi connectivity index (χ4v) is 3.14. The zero-order chi connectivity index (χ0) is 18.0. The largest absolute Gasteiger partial charge is 0.370 e. The molecule has 2 aromatic carbocycles. The summed E-state index contributed by atoms with van der Waals surface area (Å²) in [5.74, 6) is -0.0316. The first-order valence-corrected chi connectivity index (χ1v) is 8.70. The van der Waals surface area contributed by atoms with Crippen molar-refractivity contribution in [3.8, 4) is 11.1 Å². The number of aliphatic hydroxyl groups is 1. The van der Waals surface area contributed by atoms with Gasteiger partial charge in [0.2, 0.25) is 5.91 Å². The average Bonchev–Trinajstić information content (AvgIpc) is 2.95. The van der Waals surface area contributed by atoms with E-state index in [1.807, 2.05) is 45.0 Å². The second-order valence-electron chi connectivity index (χ2n) is 7.60. The van der Waals surface area contributed by atoms with E-state index in [1.54, 1.807) is 11.0 Å². The van der Waals surface area contributed by atoms with Crippen molar-refractivity contribution < 1.29 is 9.90 Å². The quantitative estimate of drug-likeness (QED) is 0.861. The third kappa shape index (κ3) is 3.83. The van der Waals surface area contributed by atoms with Gasteiger partial charge in [0.25, 0.3) is 0 Å². The third-order valence-electron chi connectivity index (χ3n) is 4.53. The molecule has 0 bridgehead atoms. The molecule has 2 aromatic rings. The smallest absolute Gasteiger partial charge is 0.230 e. The van der Waals surface area contributed by atoms with Gasteiger partial charge >= 0.3 is 0 Å². The van der Waals surface area contributed by atoms with E-state index in [-0.39, 0.29) is 11.9 Å². The Hall–Kier alpha value is -2.39. The first kappa shape index (κ1) is 17.4. The lowest BCUT2D eigenvalue weighted by Crippen LogP contribution is -2.48. The molecule has 130 valence electrons. The van der Waals surface area contributed by atoms with Crippen LogP contribution in [0.4, 0.5) is 0 Å². The standard InChI is InChI=1S/C22H25NO2/c1-22(2,3)21(25)23-19(13-14-20(23)24)15-16-9-11-18(12-10-16)17-7-5-4-6-8-17/h4-14,19-20,24H,15H2,1-3H3/t19-,20?/m0/s1. The van der Waals surface area contributed by atoms with E-state index in [0.29, 0.717) is 6.42 Å². The van der Waals surface area contributed by atoms with Gasteiger partial charge in [-0.3, -0.25) is 4.79 Å². The molecule has 1 unspecified atom stereocenters. The highest BCUT2D eigenvalue weighted by molar-refractivity contribution is 5.83. The Kier molecular flexibility index (Phi) is 4.78. The van der Waals surface area contributed by atoms with Gasteiger partial charge in [0.05, 0.1) is 6.04 Å². The summed E-state index contributed by atoms with van der Waals surface area (Å²) in [5, 5.41) is 10.2. The lowest BCUT2D eigenvalue weighted by molar-refractivity contribution is -0.148. The zero-order valence-electron chi connectivity index (χ0n) is 15.0. The fourth-order valence-electron chi connectivity index (χ4n) is 3.14. The summed E-state index contributed by atoms with van der Waals surface area (Å²) in [5.41, 5.74) is 3.00. The molecule has 1 aliphatic rings. The summed E-state index contributed by atoms with van der Waals surface area (Å²) < 4.78 is 0. The van der Waals surface area contributed by atoms with Gasteiger partial charge in [0.1, 0.15) is 6.23 Å². The van der Waals surface area contributed by atoms with Crippen molar-refractivity contribution in [3.63, 3.8) is 0 Å². The summed E-state index contributed by atoms with van der Waals surface area (Å²) in [6, 6.07) is 18.6. The average molecular weight is 335 g/mol. The Bertz CT molecular complexity index is 757. The van der Waals surface area contributed by atoms with Crippen molar-refractivity contribution in [2.45, 2.75) is 39.5 Å². The van der Waals surface area contributed by atoms with Crippen LogP contribution in [0.25, 0.3) is 11.1 Å². The van der Waals surface area contributed by atoms with E-state index in [2.05, 4.69) is 36.4 Å². The highest BCUT2D eigenvalue weighted by Gasteiger charge is 2.37. The molecule has 0 saturated carbocycles. The molecule has 3 nitrogen and oxygen atoms in total. The van der Waals surface area contributed by atoms with Crippen LogP contribution in [0.2, 0.25) is 0 Å². The molecule has 1 amide bonds. The number of carbonyl (C=O) groups is 1. The maximum Gasteiger partial charge on any atom is 0.230 e. The van der Waals surface area contributed by atoms with E-state index in [0.717, 1.165) is 5.56 Å². The van der Waals surface area contributed by atoms with Gasteiger partial charge in [-0.05, 0) is 29.2 Å². The van der Waals surface area contributed by atoms with Gasteiger partial charge in [-0.25, -0.2) is 0 Å². The Balaban J connectivity index is 1.75. The third-order valence-corrected chi connectivity index (χ3v) is 4.53. The monoisotopic (exact) mass is 335 g/mol. The SMILES string of the molecule is CC(C)(C)C(=O)N1C(O)C=C[C@H]1Cc1ccc(-c2ccccc2)cc1. The number of hydrogen-bond donors (Lipinski definition) is 1. The molecule has 0 radical (unpaired) electrons. The molecule has 0 aromatic heterocycles. The van der Waals surface area contributed by atoms with Crippen molar-refractivity contribution in [3.05, 3.63) is 72.3 Å². The molecule has 3 heteroatoms. The maximum atomic E-state index is 12.6. The van der Waals surface area contributed by atoms with Crippen LogP contribution in [-0.4, -0.2) is 28.2 Å². The minimum atomic E-state index is -0.833. The molecule has 1 heterocycles.